The average Bonchev–Trinajstić information content (AvgIpc) is 2.37. The van der Waals surface area contributed by atoms with E-state index in [0.29, 0.717) is 0 Å². The van der Waals surface area contributed by atoms with Crippen molar-refractivity contribution in [3.05, 3.63) is 68.1 Å². The molecule has 0 unspecified atom stereocenters. The molecule has 3 rings (SSSR count). The van der Waals surface area contributed by atoms with Crippen LogP contribution in [-0.4, -0.2) is 13.1 Å². The first kappa shape index (κ1) is 14.4. The molecule has 0 aromatic heterocycles. The van der Waals surface area contributed by atoms with E-state index in [1.165, 1.54) is 11.1 Å². The maximum absolute atomic E-state index is 6.36. The average molecular weight is 371 g/mol. The lowest BCUT2D eigenvalue weighted by Crippen LogP contribution is -2.58. The smallest absolute Gasteiger partial charge is 0.0449 e. The second-order valence-corrected chi connectivity index (χ2v) is 7.06. The summed E-state index contributed by atoms with van der Waals surface area (Å²) in [5.74, 6) is 0. The van der Waals surface area contributed by atoms with E-state index in [2.05, 4.69) is 39.4 Å². The molecule has 1 saturated heterocycles. The van der Waals surface area contributed by atoms with Gasteiger partial charge in [0.25, 0.3) is 0 Å². The van der Waals surface area contributed by atoms with Gasteiger partial charge in [-0.1, -0.05) is 57.3 Å². The van der Waals surface area contributed by atoms with E-state index in [9.17, 15) is 0 Å². The van der Waals surface area contributed by atoms with Gasteiger partial charge in [0.1, 0.15) is 0 Å². The normalized spacial score (nSPS) is 16.8. The van der Waals surface area contributed by atoms with Gasteiger partial charge in [-0.05, 0) is 41.8 Å². The van der Waals surface area contributed by atoms with Gasteiger partial charge in [0.2, 0.25) is 0 Å². The van der Waals surface area contributed by atoms with E-state index in [-0.39, 0.29) is 5.41 Å². The lowest BCUT2D eigenvalue weighted by Gasteiger charge is -2.43. The SMILES string of the molecule is Clc1ccc(C2(Cc3ccc(Br)cc3Cl)CNC2)cc1. The van der Waals surface area contributed by atoms with Crippen molar-refractivity contribution in [3.8, 4) is 0 Å². The van der Waals surface area contributed by atoms with Crippen molar-refractivity contribution in [2.75, 3.05) is 13.1 Å². The third-order valence-corrected chi connectivity index (χ3v) is 5.02. The van der Waals surface area contributed by atoms with Crippen LogP contribution in [0, 0.1) is 0 Å². The van der Waals surface area contributed by atoms with E-state index in [1.54, 1.807) is 0 Å². The van der Waals surface area contributed by atoms with Crippen LogP contribution in [-0.2, 0) is 11.8 Å². The summed E-state index contributed by atoms with van der Waals surface area (Å²) in [5.41, 5.74) is 2.63. The molecule has 104 valence electrons. The molecule has 0 radical (unpaired) electrons. The maximum Gasteiger partial charge on any atom is 0.0449 e. The van der Waals surface area contributed by atoms with Gasteiger partial charge in [0.15, 0.2) is 0 Å². The Morgan fingerprint density at radius 2 is 1.75 bits per heavy atom. The van der Waals surface area contributed by atoms with Crippen LogP contribution in [0.1, 0.15) is 11.1 Å². The quantitative estimate of drug-likeness (QED) is 0.815. The fourth-order valence-electron chi connectivity index (χ4n) is 2.69. The van der Waals surface area contributed by atoms with Crippen molar-refractivity contribution in [3.63, 3.8) is 0 Å². The van der Waals surface area contributed by atoms with Gasteiger partial charge in [0.05, 0.1) is 0 Å². The molecule has 0 aliphatic carbocycles. The van der Waals surface area contributed by atoms with Gasteiger partial charge in [-0.25, -0.2) is 0 Å². The van der Waals surface area contributed by atoms with Crippen LogP contribution >= 0.6 is 39.1 Å². The fourth-order valence-corrected chi connectivity index (χ4v) is 3.56. The van der Waals surface area contributed by atoms with Gasteiger partial charge in [0, 0.05) is 33.0 Å². The third kappa shape index (κ3) is 2.75. The number of hydrogen-bond donors (Lipinski definition) is 1. The molecular formula is C16H14BrCl2N. The Balaban J connectivity index is 1.91. The van der Waals surface area contributed by atoms with Crippen LogP contribution in [0.4, 0.5) is 0 Å². The van der Waals surface area contributed by atoms with Crippen LogP contribution in [0.25, 0.3) is 0 Å². The van der Waals surface area contributed by atoms with Crippen molar-refractivity contribution >= 4 is 39.1 Å². The maximum atomic E-state index is 6.36. The zero-order valence-corrected chi connectivity index (χ0v) is 13.9. The molecule has 1 N–H and O–H groups in total. The minimum Gasteiger partial charge on any atom is -0.315 e. The van der Waals surface area contributed by atoms with Gasteiger partial charge >= 0.3 is 0 Å². The molecule has 1 aliphatic rings. The highest BCUT2D eigenvalue weighted by Gasteiger charge is 2.39. The summed E-state index contributed by atoms with van der Waals surface area (Å²) in [6, 6.07) is 14.3. The number of hydrogen-bond acceptors (Lipinski definition) is 1. The fraction of sp³-hybridized carbons (Fsp3) is 0.250. The molecule has 0 atom stereocenters. The van der Waals surface area contributed by atoms with Crippen LogP contribution in [0.2, 0.25) is 10.0 Å². The van der Waals surface area contributed by atoms with Crippen molar-refractivity contribution < 1.29 is 0 Å². The Morgan fingerprint density at radius 1 is 1.05 bits per heavy atom. The Kier molecular flexibility index (Phi) is 4.09. The topological polar surface area (TPSA) is 12.0 Å². The summed E-state index contributed by atoms with van der Waals surface area (Å²) in [4.78, 5) is 0. The summed E-state index contributed by atoms with van der Waals surface area (Å²) in [6.45, 7) is 1.95. The Hall–Kier alpha value is -0.540. The molecule has 2 aromatic rings. The molecule has 0 spiro atoms. The third-order valence-electron chi connectivity index (χ3n) is 3.93. The molecule has 2 aromatic carbocycles. The molecule has 1 aliphatic heterocycles. The van der Waals surface area contributed by atoms with Gasteiger partial charge in [-0.2, -0.15) is 0 Å². The second-order valence-electron chi connectivity index (χ2n) is 5.30. The molecule has 1 nitrogen and oxygen atoms in total. The Bertz CT molecular complexity index is 621. The highest BCUT2D eigenvalue weighted by molar-refractivity contribution is 9.10. The zero-order chi connectivity index (χ0) is 14.2. The van der Waals surface area contributed by atoms with E-state index in [0.717, 1.165) is 34.0 Å². The monoisotopic (exact) mass is 369 g/mol. The van der Waals surface area contributed by atoms with Gasteiger partial charge in [-0.15, -0.1) is 0 Å². The highest BCUT2D eigenvalue weighted by Crippen LogP contribution is 2.35. The Labute approximate surface area is 137 Å². The first-order valence-corrected chi connectivity index (χ1v) is 8.05. The van der Waals surface area contributed by atoms with Crippen LogP contribution in [0.3, 0.4) is 0 Å². The van der Waals surface area contributed by atoms with E-state index in [4.69, 9.17) is 23.2 Å². The molecule has 1 fully saturated rings. The predicted molar refractivity (Wildman–Crippen MR) is 88.9 cm³/mol. The van der Waals surface area contributed by atoms with Crippen LogP contribution < -0.4 is 5.32 Å². The number of halogens is 3. The summed E-state index contributed by atoms with van der Waals surface area (Å²) >= 11 is 15.8. The molecule has 1 heterocycles. The number of benzene rings is 2. The Morgan fingerprint density at radius 3 is 2.30 bits per heavy atom. The first-order chi connectivity index (χ1) is 9.59. The van der Waals surface area contributed by atoms with E-state index in [1.807, 2.05) is 24.3 Å². The predicted octanol–water partition coefficient (Wildman–Crippen LogP) is 4.84. The summed E-state index contributed by atoms with van der Waals surface area (Å²) in [7, 11) is 0. The first-order valence-electron chi connectivity index (χ1n) is 6.50. The minimum atomic E-state index is 0.127. The lowest BCUT2D eigenvalue weighted by molar-refractivity contribution is 0.275. The highest BCUT2D eigenvalue weighted by atomic mass is 79.9. The second kappa shape index (κ2) is 5.69. The summed E-state index contributed by atoms with van der Waals surface area (Å²) in [5, 5.41) is 4.98. The number of rotatable bonds is 3. The minimum absolute atomic E-state index is 0.127. The van der Waals surface area contributed by atoms with Crippen LogP contribution in [0.5, 0.6) is 0 Å². The number of nitrogens with one attached hydrogen (secondary N) is 1. The molecule has 0 saturated carbocycles. The summed E-state index contributed by atoms with van der Waals surface area (Å²) < 4.78 is 1.01. The van der Waals surface area contributed by atoms with E-state index >= 15 is 0 Å². The summed E-state index contributed by atoms with van der Waals surface area (Å²) in [6.07, 6.45) is 0.938. The zero-order valence-electron chi connectivity index (χ0n) is 10.8. The van der Waals surface area contributed by atoms with Gasteiger partial charge in [-0.3, -0.25) is 0 Å². The lowest BCUT2D eigenvalue weighted by atomic mass is 9.71. The van der Waals surface area contributed by atoms with E-state index < -0.39 is 0 Å². The van der Waals surface area contributed by atoms with Crippen LogP contribution in [0.15, 0.2) is 46.9 Å². The molecule has 0 bridgehead atoms. The van der Waals surface area contributed by atoms with Crippen molar-refractivity contribution in [2.45, 2.75) is 11.8 Å². The van der Waals surface area contributed by atoms with Crippen molar-refractivity contribution in [1.82, 2.24) is 5.32 Å². The van der Waals surface area contributed by atoms with Gasteiger partial charge < -0.3 is 5.32 Å². The molecular weight excluding hydrogens is 357 g/mol. The standard InChI is InChI=1S/C16H14BrCl2N/c17-13-4-1-11(15(19)7-13)8-16(9-20-10-16)12-2-5-14(18)6-3-12/h1-7,20H,8-10H2. The molecule has 0 amide bonds. The molecule has 4 heteroatoms. The van der Waals surface area contributed by atoms with Crippen molar-refractivity contribution in [1.29, 1.82) is 0 Å². The largest absolute Gasteiger partial charge is 0.315 e. The molecule has 20 heavy (non-hydrogen) atoms. The van der Waals surface area contributed by atoms with Crippen molar-refractivity contribution in [2.24, 2.45) is 0 Å².